The summed E-state index contributed by atoms with van der Waals surface area (Å²) >= 11 is 0. The lowest BCUT2D eigenvalue weighted by Gasteiger charge is -2.12. The number of aryl methyl sites for hydroxylation is 2. The Morgan fingerprint density at radius 1 is 1.25 bits per heavy atom. The molecule has 1 aromatic carbocycles. The maximum atomic E-state index is 5.77. The minimum Gasteiger partial charge on any atom is -0.493 e. The number of nitrogens with zero attached hydrogens (tertiary/aromatic N) is 2. The molecule has 0 unspecified atom stereocenters. The molecule has 0 radical (unpaired) electrons. The first kappa shape index (κ1) is 14.5. The van der Waals surface area contributed by atoms with E-state index in [9.17, 15) is 0 Å². The Bertz CT molecular complexity index is 555. The van der Waals surface area contributed by atoms with Gasteiger partial charge < -0.3 is 15.0 Å². The summed E-state index contributed by atoms with van der Waals surface area (Å²) in [5.41, 5.74) is 8.58. The Labute approximate surface area is 119 Å². The van der Waals surface area contributed by atoms with Gasteiger partial charge in [-0.2, -0.15) is 4.98 Å². The smallest absolute Gasteiger partial charge is 0.228 e. The van der Waals surface area contributed by atoms with Gasteiger partial charge in [-0.1, -0.05) is 12.1 Å². The summed E-state index contributed by atoms with van der Waals surface area (Å²) < 4.78 is 10.9. The number of aromatic nitrogens is 2. The number of nitrogens with two attached hydrogens (primary N) is 1. The monoisotopic (exact) mass is 275 g/mol. The molecule has 2 rings (SSSR count). The molecule has 0 aliphatic rings. The fourth-order valence-electron chi connectivity index (χ4n) is 2.11. The van der Waals surface area contributed by atoms with Gasteiger partial charge in [0.15, 0.2) is 0 Å². The molecular formula is C15H21N3O2. The molecule has 0 aliphatic heterocycles. The molecule has 0 amide bonds. The van der Waals surface area contributed by atoms with Crippen LogP contribution in [0.5, 0.6) is 5.75 Å². The molecule has 0 spiro atoms. The molecule has 0 atom stereocenters. The second kappa shape index (κ2) is 6.52. The van der Waals surface area contributed by atoms with E-state index in [4.69, 9.17) is 15.0 Å². The average molecular weight is 275 g/mol. The van der Waals surface area contributed by atoms with Crippen LogP contribution >= 0.6 is 0 Å². The Balaban J connectivity index is 2.28. The van der Waals surface area contributed by atoms with Crippen LogP contribution in [0, 0.1) is 13.8 Å². The van der Waals surface area contributed by atoms with Crippen LogP contribution < -0.4 is 10.5 Å². The number of rotatable bonds is 6. The zero-order chi connectivity index (χ0) is 14.5. The van der Waals surface area contributed by atoms with E-state index in [2.05, 4.69) is 17.1 Å². The van der Waals surface area contributed by atoms with Crippen LogP contribution in [0.2, 0.25) is 0 Å². The normalized spacial score (nSPS) is 10.8. The lowest BCUT2D eigenvalue weighted by molar-refractivity contribution is 0.313. The molecule has 108 valence electrons. The van der Waals surface area contributed by atoms with Crippen molar-refractivity contribution >= 4 is 0 Å². The Kier molecular flexibility index (Phi) is 4.74. The summed E-state index contributed by atoms with van der Waals surface area (Å²) in [4.78, 5) is 4.35. The number of benzene rings is 1. The summed E-state index contributed by atoms with van der Waals surface area (Å²) in [6, 6.07) is 4.05. The molecule has 5 nitrogen and oxygen atoms in total. The molecule has 1 heterocycles. The third kappa shape index (κ3) is 3.17. The van der Waals surface area contributed by atoms with Crippen molar-refractivity contribution in [1.29, 1.82) is 0 Å². The van der Waals surface area contributed by atoms with Crippen LogP contribution in [-0.4, -0.2) is 23.3 Å². The highest BCUT2D eigenvalue weighted by Crippen LogP contribution is 2.29. The van der Waals surface area contributed by atoms with E-state index in [1.54, 1.807) is 0 Å². The van der Waals surface area contributed by atoms with Crippen LogP contribution in [0.25, 0.3) is 11.4 Å². The van der Waals surface area contributed by atoms with E-state index in [0.717, 1.165) is 35.5 Å². The summed E-state index contributed by atoms with van der Waals surface area (Å²) in [5, 5.41) is 4.00. The first-order valence-corrected chi connectivity index (χ1v) is 6.92. The van der Waals surface area contributed by atoms with E-state index in [0.29, 0.717) is 24.7 Å². The molecule has 2 aromatic rings. The summed E-state index contributed by atoms with van der Waals surface area (Å²) in [5.74, 6) is 2.12. The number of hydrogen-bond acceptors (Lipinski definition) is 5. The third-order valence-corrected chi connectivity index (χ3v) is 3.00. The highest BCUT2D eigenvalue weighted by atomic mass is 16.5. The summed E-state index contributed by atoms with van der Waals surface area (Å²) in [7, 11) is 0. The van der Waals surface area contributed by atoms with Crippen LogP contribution in [0.1, 0.15) is 30.4 Å². The fraction of sp³-hybridized carbons (Fsp3) is 0.467. The molecule has 0 aliphatic carbocycles. The SMILES string of the molecule is CCCOc1c(C)cc(-c2noc(CCN)n2)cc1C. The van der Waals surface area contributed by atoms with Crippen molar-refractivity contribution < 1.29 is 9.26 Å². The quantitative estimate of drug-likeness (QED) is 0.877. The maximum Gasteiger partial charge on any atom is 0.228 e. The molecule has 5 heteroatoms. The summed E-state index contributed by atoms with van der Waals surface area (Å²) in [6.45, 7) is 7.38. The molecule has 0 fully saturated rings. The lowest BCUT2D eigenvalue weighted by Crippen LogP contribution is -2.02. The van der Waals surface area contributed by atoms with Gasteiger partial charge in [-0.25, -0.2) is 0 Å². The van der Waals surface area contributed by atoms with Crippen LogP contribution in [0.3, 0.4) is 0 Å². The van der Waals surface area contributed by atoms with Gasteiger partial charge >= 0.3 is 0 Å². The molecule has 1 aromatic heterocycles. The zero-order valence-electron chi connectivity index (χ0n) is 12.3. The van der Waals surface area contributed by atoms with Gasteiger partial charge in [0.25, 0.3) is 0 Å². The van der Waals surface area contributed by atoms with E-state index in [1.165, 1.54) is 0 Å². The van der Waals surface area contributed by atoms with E-state index >= 15 is 0 Å². The Hall–Kier alpha value is -1.88. The minimum atomic E-state index is 0.503. The summed E-state index contributed by atoms with van der Waals surface area (Å²) in [6.07, 6.45) is 1.59. The minimum absolute atomic E-state index is 0.503. The highest BCUT2D eigenvalue weighted by Gasteiger charge is 2.12. The molecule has 0 saturated heterocycles. The predicted molar refractivity (Wildman–Crippen MR) is 77.8 cm³/mol. The van der Waals surface area contributed by atoms with Crippen molar-refractivity contribution in [3.63, 3.8) is 0 Å². The second-order valence-corrected chi connectivity index (χ2v) is 4.84. The second-order valence-electron chi connectivity index (χ2n) is 4.84. The third-order valence-electron chi connectivity index (χ3n) is 3.00. The first-order chi connectivity index (χ1) is 9.65. The Morgan fingerprint density at radius 3 is 2.55 bits per heavy atom. The topological polar surface area (TPSA) is 74.2 Å². The van der Waals surface area contributed by atoms with E-state index in [1.807, 2.05) is 26.0 Å². The van der Waals surface area contributed by atoms with Gasteiger partial charge in [-0.05, 0) is 43.5 Å². The zero-order valence-corrected chi connectivity index (χ0v) is 12.3. The van der Waals surface area contributed by atoms with Crippen LogP contribution in [0.15, 0.2) is 16.7 Å². The maximum absolute atomic E-state index is 5.77. The molecule has 20 heavy (non-hydrogen) atoms. The van der Waals surface area contributed by atoms with Crippen LogP contribution in [-0.2, 0) is 6.42 Å². The van der Waals surface area contributed by atoms with Gasteiger partial charge in [0.05, 0.1) is 6.61 Å². The van der Waals surface area contributed by atoms with Crippen molar-refractivity contribution in [3.8, 4) is 17.1 Å². The van der Waals surface area contributed by atoms with Gasteiger partial charge in [-0.3, -0.25) is 0 Å². The van der Waals surface area contributed by atoms with Crippen molar-refractivity contribution in [1.82, 2.24) is 10.1 Å². The predicted octanol–water partition coefficient (Wildman–Crippen LogP) is 2.64. The van der Waals surface area contributed by atoms with Gasteiger partial charge in [0.2, 0.25) is 11.7 Å². The van der Waals surface area contributed by atoms with Crippen LogP contribution in [0.4, 0.5) is 0 Å². The van der Waals surface area contributed by atoms with Crippen molar-refractivity contribution in [3.05, 3.63) is 29.2 Å². The van der Waals surface area contributed by atoms with Gasteiger partial charge in [0.1, 0.15) is 5.75 Å². The Morgan fingerprint density at radius 2 is 1.95 bits per heavy atom. The highest BCUT2D eigenvalue weighted by molar-refractivity contribution is 5.60. The lowest BCUT2D eigenvalue weighted by atomic mass is 10.1. The van der Waals surface area contributed by atoms with Gasteiger partial charge in [-0.15, -0.1) is 0 Å². The number of ether oxygens (including phenoxy) is 1. The molecular weight excluding hydrogens is 254 g/mol. The fourth-order valence-corrected chi connectivity index (χ4v) is 2.11. The first-order valence-electron chi connectivity index (χ1n) is 6.92. The largest absolute Gasteiger partial charge is 0.493 e. The molecule has 0 bridgehead atoms. The molecule has 0 saturated carbocycles. The van der Waals surface area contributed by atoms with E-state index in [-0.39, 0.29) is 0 Å². The standard InChI is InChI=1S/C15H21N3O2/c1-4-7-19-14-10(2)8-12(9-11(14)3)15-17-13(5-6-16)20-18-15/h8-9H,4-7,16H2,1-3H3. The molecule has 2 N–H and O–H groups in total. The van der Waals surface area contributed by atoms with Crippen molar-refractivity contribution in [2.45, 2.75) is 33.6 Å². The van der Waals surface area contributed by atoms with Crippen molar-refractivity contribution in [2.75, 3.05) is 13.2 Å². The van der Waals surface area contributed by atoms with Gasteiger partial charge in [0, 0.05) is 18.5 Å². The van der Waals surface area contributed by atoms with E-state index < -0.39 is 0 Å². The van der Waals surface area contributed by atoms with Crippen molar-refractivity contribution in [2.24, 2.45) is 5.73 Å². The average Bonchev–Trinajstić information content (AvgIpc) is 2.87. The number of hydrogen-bond donors (Lipinski definition) is 1.